The molecule has 2 N–H and O–H groups in total. The minimum absolute atomic E-state index is 0.108. The number of aromatic nitrogens is 4. The molecule has 8 heteroatoms. The molecule has 1 aliphatic carbocycles. The summed E-state index contributed by atoms with van der Waals surface area (Å²) in [6.07, 6.45) is 6.35. The number of carbonyl (C=O) groups is 1. The van der Waals surface area contributed by atoms with Crippen molar-refractivity contribution >= 4 is 23.2 Å². The Balaban J connectivity index is 1.60. The maximum Gasteiger partial charge on any atom is 0.238 e. The lowest BCUT2D eigenvalue weighted by Gasteiger charge is -2.29. The molecule has 3 rings (SSSR count). The molecule has 0 aliphatic heterocycles. The van der Waals surface area contributed by atoms with E-state index in [1.54, 1.807) is 18.2 Å². The Kier molecular flexibility index (Phi) is 5.42. The molecule has 1 heterocycles. The topological polar surface area (TPSA) is 84.7 Å². The standard InChI is InChI=1S/C16H21ClN6O/c1-11-4-2-3-5-14(11)18-9-16(24)20-15-8-12(6-7-13(15)17)23-10-19-21-22-23/h6-8,10-11,14,18H,2-5,9H2,1H3,(H,20,24)/t11-,14-/m1/s1. The third-order valence-electron chi connectivity index (χ3n) is 4.47. The van der Waals surface area contributed by atoms with Crippen LogP contribution in [0.3, 0.4) is 0 Å². The van der Waals surface area contributed by atoms with Gasteiger partial charge in [0.1, 0.15) is 6.33 Å². The van der Waals surface area contributed by atoms with Crippen LogP contribution in [0.25, 0.3) is 5.69 Å². The Morgan fingerprint density at radius 3 is 2.96 bits per heavy atom. The van der Waals surface area contributed by atoms with Gasteiger partial charge in [0.25, 0.3) is 0 Å². The highest BCUT2D eigenvalue weighted by Gasteiger charge is 2.21. The van der Waals surface area contributed by atoms with Crippen molar-refractivity contribution < 1.29 is 4.79 Å². The molecule has 1 amide bonds. The largest absolute Gasteiger partial charge is 0.324 e. The number of nitrogens with zero attached hydrogens (tertiary/aromatic N) is 4. The number of nitrogens with one attached hydrogen (secondary N) is 2. The molecule has 0 radical (unpaired) electrons. The first-order chi connectivity index (χ1) is 11.6. The van der Waals surface area contributed by atoms with Crippen LogP contribution in [0.5, 0.6) is 0 Å². The molecule has 24 heavy (non-hydrogen) atoms. The number of anilines is 1. The highest BCUT2D eigenvalue weighted by Crippen LogP contribution is 2.25. The number of hydrogen-bond acceptors (Lipinski definition) is 5. The molecule has 1 aliphatic rings. The van der Waals surface area contributed by atoms with Crippen LogP contribution in [0.2, 0.25) is 5.02 Å². The van der Waals surface area contributed by atoms with E-state index in [-0.39, 0.29) is 12.5 Å². The summed E-state index contributed by atoms with van der Waals surface area (Å²) in [4.78, 5) is 12.2. The van der Waals surface area contributed by atoms with Gasteiger partial charge in [-0.25, -0.2) is 4.68 Å². The number of hydrogen-bond donors (Lipinski definition) is 2. The van der Waals surface area contributed by atoms with Gasteiger partial charge in [0.2, 0.25) is 5.91 Å². The van der Waals surface area contributed by atoms with Gasteiger partial charge in [-0.15, -0.1) is 5.10 Å². The Labute approximate surface area is 145 Å². The minimum Gasteiger partial charge on any atom is -0.324 e. The van der Waals surface area contributed by atoms with Gasteiger partial charge in [-0.2, -0.15) is 0 Å². The van der Waals surface area contributed by atoms with E-state index in [1.165, 1.54) is 30.3 Å². The van der Waals surface area contributed by atoms with E-state index >= 15 is 0 Å². The van der Waals surface area contributed by atoms with Crippen LogP contribution in [0.15, 0.2) is 24.5 Å². The van der Waals surface area contributed by atoms with Crippen molar-refractivity contribution in [1.29, 1.82) is 0 Å². The molecule has 2 aromatic rings. The predicted octanol–water partition coefficient (Wildman–Crippen LogP) is 2.42. The fourth-order valence-corrected chi connectivity index (χ4v) is 3.23. The molecule has 0 spiro atoms. The summed E-state index contributed by atoms with van der Waals surface area (Å²) in [6.45, 7) is 2.52. The lowest BCUT2D eigenvalue weighted by atomic mass is 9.86. The fraction of sp³-hybridized carbons (Fsp3) is 0.500. The summed E-state index contributed by atoms with van der Waals surface area (Å²) in [6, 6.07) is 5.66. The van der Waals surface area contributed by atoms with Crippen molar-refractivity contribution in [2.45, 2.75) is 38.6 Å². The first-order valence-corrected chi connectivity index (χ1v) is 8.57. The lowest BCUT2D eigenvalue weighted by Crippen LogP contribution is -2.41. The number of benzene rings is 1. The second-order valence-electron chi connectivity index (χ2n) is 6.22. The summed E-state index contributed by atoms with van der Waals surface area (Å²) in [5.41, 5.74) is 1.28. The van der Waals surface area contributed by atoms with Crippen molar-refractivity contribution in [3.05, 3.63) is 29.5 Å². The zero-order valence-corrected chi connectivity index (χ0v) is 14.3. The summed E-state index contributed by atoms with van der Waals surface area (Å²) in [5, 5.41) is 17.7. The van der Waals surface area contributed by atoms with Crippen molar-refractivity contribution in [3.8, 4) is 5.69 Å². The van der Waals surface area contributed by atoms with Crippen molar-refractivity contribution in [1.82, 2.24) is 25.5 Å². The zero-order valence-electron chi connectivity index (χ0n) is 13.6. The number of halogens is 1. The molecular formula is C16H21ClN6O. The van der Waals surface area contributed by atoms with Crippen LogP contribution in [0, 0.1) is 5.92 Å². The number of amides is 1. The molecule has 1 aromatic heterocycles. The molecule has 7 nitrogen and oxygen atoms in total. The highest BCUT2D eigenvalue weighted by atomic mass is 35.5. The second-order valence-corrected chi connectivity index (χ2v) is 6.62. The molecule has 128 valence electrons. The summed E-state index contributed by atoms with van der Waals surface area (Å²) >= 11 is 6.18. The van der Waals surface area contributed by atoms with Crippen molar-refractivity contribution in [2.24, 2.45) is 5.92 Å². The predicted molar refractivity (Wildman–Crippen MR) is 92.2 cm³/mol. The molecular weight excluding hydrogens is 328 g/mol. The number of carbonyl (C=O) groups excluding carboxylic acids is 1. The van der Waals surface area contributed by atoms with Crippen LogP contribution < -0.4 is 10.6 Å². The van der Waals surface area contributed by atoms with E-state index < -0.39 is 0 Å². The first-order valence-electron chi connectivity index (χ1n) is 8.19. The Morgan fingerprint density at radius 1 is 1.38 bits per heavy atom. The van der Waals surface area contributed by atoms with Crippen LogP contribution >= 0.6 is 11.6 Å². The average molecular weight is 349 g/mol. The Bertz CT molecular complexity index is 690. The quantitative estimate of drug-likeness (QED) is 0.866. The molecule has 0 bridgehead atoms. The van der Waals surface area contributed by atoms with Crippen LogP contribution in [-0.4, -0.2) is 38.7 Å². The molecule has 1 aromatic carbocycles. The first kappa shape index (κ1) is 16.9. The average Bonchev–Trinajstić information content (AvgIpc) is 3.11. The maximum absolute atomic E-state index is 12.2. The van der Waals surface area contributed by atoms with Crippen LogP contribution in [0.4, 0.5) is 5.69 Å². The molecule has 1 fully saturated rings. The third-order valence-corrected chi connectivity index (χ3v) is 4.80. The molecule has 2 atom stereocenters. The van der Waals surface area contributed by atoms with E-state index in [0.29, 0.717) is 22.7 Å². The summed E-state index contributed by atoms with van der Waals surface area (Å²) in [7, 11) is 0. The van der Waals surface area contributed by atoms with Gasteiger partial charge >= 0.3 is 0 Å². The van der Waals surface area contributed by atoms with E-state index in [2.05, 4.69) is 33.1 Å². The van der Waals surface area contributed by atoms with Crippen molar-refractivity contribution in [3.63, 3.8) is 0 Å². The van der Waals surface area contributed by atoms with Crippen LogP contribution in [0.1, 0.15) is 32.6 Å². The summed E-state index contributed by atoms with van der Waals surface area (Å²) in [5.74, 6) is 0.502. The van der Waals surface area contributed by atoms with E-state index in [9.17, 15) is 4.79 Å². The van der Waals surface area contributed by atoms with E-state index in [1.807, 2.05) is 0 Å². The number of tetrazole rings is 1. The van der Waals surface area contributed by atoms with Gasteiger partial charge in [0.05, 0.1) is 22.9 Å². The molecule has 0 saturated heterocycles. The Morgan fingerprint density at radius 2 is 2.21 bits per heavy atom. The Hall–Kier alpha value is -1.99. The smallest absolute Gasteiger partial charge is 0.238 e. The van der Waals surface area contributed by atoms with E-state index in [0.717, 1.165) is 12.1 Å². The van der Waals surface area contributed by atoms with Gasteiger partial charge in [-0.1, -0.05) is 31.4 Å². The van der Waals surface area contributed by atoms with Gasteiger partial charge in [0, 0.05) is 6.04 Å². The van der Waals surface area contributed by atoms with Gasteiger partial charge in [-0.3, -0.25) is 4.79 Å². The number of rotatable bonds is 5. The summed E-state index contributed by atoms with van der Waals surface area (Å²) < 4.78 is 1.51. The maximum atomic E-state index is 12.2. The lowest BCUT2D eigenvalue weighted by molar-refractivity contribution is -0.115. The van der Waals surface area contributed by atoms with Crippen molar-refractivity contribution in [2.75, 3.05) is 11.9 Å². The third kappa shape index (κ3) is 4.10. The normalized spacial score (nSPS) is 20.8. The van der Waals surface area contributed by atoms with E-state index in [4.69, 9.17) is 11.6 Å². The minimum atomic E-state index is -0.108. The molecule has 1 saturated carbocycles. The molecule has 0 unspecified atom stereocenters. The van der Waals surface area contributed by atoms with Gasteiger partial charge in [0.15, 0.2) is 0 Å². The monoisotopic (exact) mass is 348 g/mol. The zero-order chi connectivity index (χ0) is 16.9. The fourth-order valence-electron chi connectivity index (χ4n) is 3.07. The van der Waals surface area contributed by atoms with Gasteiger partial charge < -0.3 is 10.6 Å². The SMILES string of the molecule is C[C@@H]1CCCC[C@H]1NCC(=O)Nc1cc(-n2cnnn2)ccc1Cl. The van der Waals surface area contributed by atoms with Gasteiger partial charge in [-0.05, 0) is 47.4 Å². The second kappa shape index (κ2) is 7.72. The van der Waals surface area contributed by atoms with Crippen LogP contribution in [-0.2, 0) is 4.79 Å². The highest BCUT2D eigenvalue weighted by molar-refractivity contribution is 6.33.